The molecular weight excluding hydrogens is 208 g/mol. The smallest absolute Gasteiger partial charge is 0.248 e. The summed E-state index contributed by atoms with van der Waals surface area (Å²) in [6.07, 6.45) is 1.23. The van der Waals surface area contributed by atoms with Gasteiger partial charge in [0.1, 0.15) is 0 Å². The highest BCUT2D eigenvalue weighted by Gasteiger charge is 2.06. The van der Waals surface area contributed by atoms with Gasteiger partial charge in [0.2, 0.25) is 11.8 Å². The summed E-state index contributed by atoms with van der Waals surface area (Å²) in [7, 11) is 0. The number of rotatable bonds is 7. The Labute approximate surface area is 96.9 Å². The summed E-state index contributed by atoms with van der Waals surface area (Å²) in [6.45, 7) is 7.66. The molecule has 94 valence electrons. The average molecular weight is 230 g/mol. The normalized spacial score (nSPS) is 10.6. The molecule has 0 aromatic heterocycles. The Morgan fingerprint density at radius 1 is 1.12 bits per heavy atom. The third-order valence-corrected chi connectivity index (χ3v) is 1.79. The van der Waals surface area contributed by atoms with Crippen LogP contribution < -0.4 is 10.8 Å². The van der Waals surface area contributed by atoms with Gasteiger partial charge >= 0.3 is 0 Å². The number of nitrogens with one attached hydrogen (secondary N) is 2. The minimum Gasteiger partial charge on any atom is -0.352 e. The van der Waals surface area contributed by atoms with E-state index in [9.17, 15) is 9.59 Å². The van der Waals surface area contributed by atoms with Crippen LogP contribution in [-0.2, 0) is 14.4 Å². The molecule has 0 fully saturated rings. The molecule has 0 heterocycles. The van der Waals surface area contributed by atoms with Gasteiger partial charge in [0.05, 0.1) is 0 Å². The summed E-state index contributed by atoms with van der Waals surface area (Å²) < 4.78 is 0. The highest BCUT2D eigenvalue weighted by Crippen LogP contribution is 2.02. The van der Waals surface area contributed by atoms with E-state index in [0.29, 0.717) is 12.3 Å². The van der Waals surface area contributed by atoms with Crippen LogP contribution in [0.15, 0.2) is 0 Å². The van der Waals surface area contributed by atoms with E-state index in [0.717, 1.165) is 6.42 Å². The highest BCUT2D eigenvalue weighted by molar-refractivity contribution is 5.78. The van der Waals surface area contributed by atoms with Crippen molar-refractivity contribution in [2.24, 2.45) is 5.92 Å². The van der Waals surface area contributed by atoms with Crippen LogP contribution in [-0.4, -0.2) is 24.5 Å². The van der Waals surface area contributed by atoms with Crippen molar-refractivity contribution >= 4 is 11.8 Å². The molecule has 5 heteroatoms. The third kappa shape index (κ3) is 9.45. The molecule has 0 atom stereocenters. The molecule has 0 aliphatic heterocycles. The van der Waals surface area contributed by atoms with Crippen LogP contribution in [0.25, 0.3) is 0 Å². The van der Waals surface area contributed by atoms with E-state index in [4.69, 9.17) is 4.84 Å². The fourth-order valence-corrected chi connectivity index (χ4v) is 1.02. The lowest BCUT2D eigenvalue weighted by Crippen LogP contribution is -2.36. The molecule has 2 amide bonds. The van der Waals surface area contributed by atoms with Gasteiger partial charge in [-0.2, -0.15) is 0 Å². The predicted octanol–water partition coefficient (Wildman–Crippen LogP) is 0.995. The van der Waals surface area contributed by atoms with Crippen molar-refractivity contribution in [3.63, 3.8) is 0 Å². The molecule has 0 saturated carbocycles. The summed E-state index contributed by atoms with van der Waals surface area (Å²) in [5.74, 6) is 0.0557. The van der Waals surface area contributed by atoms with Crippen molar-refractivity contribution in [3.8, 4) is 0 Å². The van der Waals surface area contributed by atoms with E-state index in [-0.39, 0.29) is 24.5 Å². The molecule has 0 radical (unpaired) electrons. The Hall–Kier alpha value is -1.10. The van der Waals surface area contributed by atoms with Crippen LogP contribution in [0.2, 0.25) is 0 Å². The molecule has 0 aliphatic carbocycles. The first-order valence-electron chi connectivity index (χ1n) is 5.61. The van der Waals surface area contributed by atoms with Crippen molar-refractivity contribution in [2.75, 3.05) is 6.61 Å². The molecule has 0 spiro atoms. The number of carbonyl (C=O) groups is 2. The molecule has 0 rings (SSSR count). The van der Waals surface area contributed by atoms with Crippen molar-refractivity contribution in [3.05, 3.63) is 0 Å². The van der Waals surface area contributed by atoms with Crippen molar-refractivity contribution in [1.29, 1.82) is 0 Å². The summed E-state index contributed by atoms with van der Waals surface area (Å²) >= 11 is 0. The van der Waals surface area contributed by atoms with Crippen molar-refractivity contribution in [2.45, 2.75) is 46.6 Å². The molecule has 0 aromatic rings. The van der Waals surface area contributed by atoms with Crippen molar-refractivity contribution in [1.82, 2.24) is 10.8 Å². The number of amides is 2. The molecular formula is C11H22N2O3. The molecule has 0 unspecified atom stereocenters. The van der Waals surface area contributed by atoms with E-state index in [1.54, 1.807) is 0 Å². The van der Waals surface area contributed by atoms with E-state index < -0.39 is 0 Å². The summed E-state index contributed by atoms with van der Waals surface area (Å²) in [5, 5.41) is 2.65. The van der Waals surface area contributed by atoms with Gasteiger partial charge in [-0.15, -0.1) is 0 Å². The van der Waals surface area contributed by atoms with Gasteiger partial charge in [-0.05, 0) is 26.2 Å². The fraction of sp³-hybridized carbons (Fsp3) is 0.818. The predicted molar refractivity (Wildman–Crippen MR) is 61.4 cm³/mol. The highest BCUT2D eigenvalue weighted by atomic mass is 16.7. The Morgan fingerprint density at radius 3 is 2.25 bits per heavy atom. The topological polar surface area (TPSA) is 67.4 Å². The maximum atomic E-state index is 11.2. The lowest BCUT2D eigenvalue weighted by Gasteiger charge is -2.09. The van der Waals surface area contributed by atoms with Gasteiger partial charge < -0.3 is 5.32 Å². The van der Waals surface area contributed by atoms with Crippen molar-refractivity contribution < 1.29 is 14.4 Å². The SMILES string of the molecule is CC(C)CCC(=O)NOCC(=O)NC(C)C. The molecule has 0 saturated heterocycles. The Balaban J connectivity index is 3.50. The van der Waals surface area contributed by atoms with Crippen LogP contribution >= 0.6 is 0 Å². The lowest BCUT2D eigenvalue weighted by atomic mass is 10.1. The van der Waals surface area contributed by atoms with E-state index in [1.807, 2.05) is 27.7 Å². The third-order valence-electron chi connectivity index (χ3n) is 1.79. The minimum absolute atomic E-state index is 0.0766. The number of hydroxylamine groups is 1. The Kier molecular flexibility index (Phi) is 7.54. The van der Waals surface area contributed by atoms with E-state index in [1.165, 1.54) is 0 Å². The lowest BCUT2D eigenvalue weighted by molar-refractivity contribution is -0.139. The molecule has 0 aliphatic rings. The second-order valence-electron chi connectivity index (χ2n) is 4.47. The van der Waals surface area contributed by atoms with Gasteiger partial charge in [0.25, 0.3) is 0 Å². The van der Waals surface area contributed by atoms with Gasteiger partial charge in [-0.25, -0.2) is 5.48 Å². The monoisotopic (exact) mass is 230 g/mol. The maximum Gasteiger partial charge on any atom is 0.248 e. The van der Waals surface area contributed by atoms with E-state index in [2.05, 4.69) is 10.8 Å². The van der Waals surface area contributed by atoms with Crippen LogP contribution in [0, 0.1) is 5.92 Å². The van der Waals surface area contributed by atoms with Gasteiger partial charge in [-0.1, -0.05) is 13.8 Å². The Bertz CT molecular complexity index is 227. The van der Waals surface area contributed by atoms with E-state index >= 15 is 0 Å². The average Bonchev–Trinajstić information content (AvgIpc) is 2.13. The molecule has 0 bridgehead atoms. The zero-order chi connectivity index (χ0) is 12.6. The fourth-order valence-electron chi connectivity index (χ4n) is 1.02. The first-order chi connectivity index (χ1) is 7.41. The van der Waals surface area contributed by atoms with Gasteiger partial charge in [0.15, 0.2) is 6.61 Å². The molecule has 0 aromatic carbocycles. The first kappa shape index (κ1) is 14.9. The zero-order valence-corrected chi connectivity index (χ0v) is 10.5. The molecule has 16 heavy (non-hydrogen) atoms. The summed E-state index contributed by atoms with van der Waals surface area (Å²) in [5.41, 5.74) is 2.24. The number of carbonyl (C=O) groups excluding carboxylic acids is 2. The van der Waals surface area contributed by atoms with Crippen LogP contribution in [0.1, 0.15) is 40.5 Å². The second-order valence-corrected chi connectivity index (χ2v) is 4.47. The standard InChI is InChI=1S/C11H22N2O3/c1-8(2)5-6-10(14)13-16-7-11(15)12-9(3)4/h8-9H,5-7H2,1-4H3,(H,12,15)(H,13,14). The van der Waals surface area contributed by atoms with Gasteiger partial charge in [-0.3, -0.25) is 14.4 Å². The molecule has 5 nitrogen and oxygen atoms in total. The van der Waals surface area contributed by atoms with Crippen LogP contribution in [0.4, 0.5) is 0 Å². The summed E-state index contributed by atoms with van der Waals surface area (Å²) in [6, 6.07) is 0.0766. The summed E-state index contributed by atoms with van der Waals surface area (Å²) in [4.78, 5) is 27.1. The minimum atomic E-state index is -0.237. The zero-order valence-electron chi connectivity index (χ0n) is 10.5. The molecule has 2 N–H and O–H groups in total. The first-order valence-corrected chi connectivity index (χ1v) is 5.61. The van der Waals surface area contributed by atoms with Crippen LogP contribution in [0.5, 0.6) is 0 Å². The Morgan fingerprint density at radius 2 is 1.75 bits per heavy atom. The van der Waals surface area contributed by atoms with Gasteiger partial charge in [0, 0.05) is 12.5 Å². The second kappa shape index (κ2) is 8.10. The number of hydrogen-bond donors (Lipinski definition) is 2. The van der Waals surface area contributed by atoms with Crippen LogP contribution in [0.3, 0.4) is 0 Å². The number of hydrogen-bond acceptors (Lipinski definition) is 3. The quantitative estimate of drug-likeness (QED) is 0.641. The largest absolute Gasteiger partial charge is 0.352 e. The maximum absolute atomic E-state index is 11.2.